The van der Waals surface area contributed by atoms with Crippen molar-refractivity contribution in [1.29, 1.82) is 0 Å². The first-order chi connectivity index (χ1) is 8.15. The molecule has 2 rings (SSSR count). The molecule has 92 valence electrons. The standard InChI is InChI=1S/C13H15ClFNO/c14-12-4-3-10(6-13(12)15)5-11(17)8-16-7-9-1-2-9/h3-4,6,9,16H,1-2,5,7-8H2. The van der Waals surface area contributed by atoms with Gasteiger partial charge in [0.1, 0.15) is 5.82 Å². The zero-order valence-electron chi connectivity index (χ0n) is 9.51. The van der Waals surface area contributed by atoms with Gasteiger partial charge in [-0.15, -0.1) is 0 Å². The van der Waals surface area contributed by atoms with Gasteiger partial charge in [-0.25, -0.2) is 4.39 Å². The van der Waals surface area contributed by atoms with Crippen LogP contribution in [-0.2, 0) is 11.2 Å². The molecule has 0 unspecified atom stereocenters. The van der Waals surface area contributed by atoms with Gasteiger partial charge in [0.05, 0.1) is 11.6 Å². The van der Waals surface area contributed by atoms with Crippen LogP contribution in [0.1, 0.15) is 18.4 Å². The fraction of sp³-hybridized carbons (Fsp3) is 0.462. The summed E-state index contributed by atoms with van der Waals surface area (Å²) in [7, 11) is 0. The van der Waals surface area contributed by atoms with Crippen molar-refractivity contribution in [2.24, 2.45) is 5.92 Å². The molecule has 1 saturated carbocycles. The first-order valence-electron chi connectivity index (χ1n) is 5.81. The van der Waals surface area contributed by atoms with E-state index in [9.17, 15) is 9.18 Å². The molecule has 17 heavy (non-hydrogen) atoms. The SMILES string of the molecule is O=C(CNCC1CC1)Cc1ccc(Cl)c(F)c1. The van der Waals surface area contributed by atoms with Gasteiger partial charge in [0.25, 0.3) is 0 Å². The molecular weight excluding hydrogens is 241 g/mol. The topological polar surface area (TPSA) is 29.1 Å². The lowest BCUT2D eigenvalue weighted by Crippen LogP contribution is -2.26. The number of hydrogen-bond acceptors (Lipinski definition) is 2. The van der Waals surface area contributed by atoms with Gasteiger partial charge < -0.3 is 5.32 Å². The summed E-state index contributed by atoms with van der Waals surface area (Å²) >= 11 is 5.57. The normalized spacial score (nSPS) is 14.9. The maximum absolute atomic E-state index is 13.1. The second kappa shape index (κ2) is 5.61. The van der Waals surface area contributed by atoms with Gasteiger partial charge in [-0.2, -0.15) is 0 Å². The lowest BCUT2D eigenvalue weighted by atomic mass is 10.1. The summed E-state index contributed by atoms with van der Waals surface area (Å²) in [5, 5.41) is 3.21. The van der Waals surface area contributed by atoms with Crippen LogP contribution in [0.15, 0.2) is 18.2 Å². The monoisotopic (exact) mass is 255 g/mol. The predicted octanol–water partition coefficient (Wildman–Crippen LogP) is 2.59. The van der Waals surface area contributed by atoms with Crippen molar-refractivity contribution in [2.75, 3.05) is 13.1 Å². The number of carbonyl (C=O) groups excluding carboxylic acids is 1. The summed E-state index contributed by atoms with van der Waals surface area (Å²) in [6.45, 7) is 1.28. The zero-order chi connectivity index (χ0) is 12.3. The van der Waals surface area contributed by atoms with Gasteiger partial charge in [-0.1, -0.05) is 17.7 Å². The number of nitrogens with one attached hydrogen (secondary N) is 1. The maximum atomic E-state index is 13.1. The summed E-state index contributed by atoms with van der Waals surface area (Å²) in [6.07, 6.45) is 2.79. The van der Waals surface area contributed by atoms with E-state index in [1.54, 1.807) is 6.07 Å². The van der Waals surface area contributed by atoms with Crippen molar-refractivity contribution in [3.05, 3.63) is 34.6 Å². The first-order valence-corrected chi connectivity index (χ1v) is 6.19. The van der Waals surface area contributed by atoms with Gasteiger partial charge in [-0.3, -0.25) is 4.79 Å². The maximum Gasteiger partial charge on any atom is 0.150 e. The molecule has 0 bridgehead atoms. The molecule has 0 radical (unpaired) electrons. The van der Waals surface area contributed by atoms with Crippen molar-refractivity contribution in [3.63, 3.8) is 0 Å². The Balaban J connectivity index is 1.77. The van der Waals surface area contributed by atoms with E-state index in [2.05, 4.69) is 5.32 Å². The number of Topliss-reactive ketones (excluding diaryl/α,β-unsaturated/α-hetero) is 1. The summed E-state index contributed by atoms with van der Waals surface area (Å²) in [5.74, 6) is 0.367. The highest BCUT2D eigenvalue weighted by atomic mass is 35.5. The van der Waals surface area contributed by atoms with Crippen molar-refractivity contribution >= 4 is 17.4 Å². The van der Waals surface area contributed by atoms with Gasteiger partial charge in [0.2, 0.25) is 0 Å². The van der Waals surface area contributed by atoms with Gasteiger partial charge in [0, 0.05) is 6.42 Å². The van der Waals surface area contributed by atoms with Crippen molar-refractivity contribution < 1.29 is 9.18 Å². The molecule has 0 aromatic heterocycles. The Morgan fingerprint density at radius 2 is 2.24 bits per heavy atom. The predicted molar refractivity (Wildman–Crippen MR) is 65.7 cm³/mol. The molecule has 4 heteroatoms. The Labute approximate surface area is 105 Å². The fourth-order valence-electron chi connectivity index (χ4n) is 1.68. The quantitative estimate of drug-likeness (QED) is 0.847. The lowest BCUT2D eigenvalue weighted by molar-refractivity contribution is -0.117. The Bertz CT molecular complexity index is 418. The molecule has 1 aliphatic carbocycles. The molecule has 1 fully saturated rings. The molecule has 1 aromatic carbocycles. The van der Waals surface area contributed by atoms with Gasteiger partial charge in [0.15, 0.2) is 5.78 Å². The molecular formula is C13H15ClFNO. The zero-order valence-corrected chi connectivity index (χ0v) is 10.3. The van der Waals surface area contributed by atoms with Crippen LogP contribution in [0.4, 0.5) is 4.39 Å². The first kappa shape index (κ1) is 12.5. The molecule has 1 aromatic rings. The lowest BCUT2D eigenvalue weighted by Gasteiger charge is -2.04. The molecule has 0 atom stereocenters. The highest BCUT2D eigenvalue weighted by molar-refractivity contribution is 6.30. The average Bonchev–Trinajstić information content (AvgIpc) is 3.07. The second-order valence-electron chi connectivity index (χ2n) is 4.54. The summed E-state index contributed by atoms with van der Waals surface area (Å²) < 4.78 is 13.1. The summed E-state index contributed by atoms with van der Waals surface area (Å²) in [6, 6.07) is 4.49. The number of benzene rings is 1. The minimum Gasteiger partial charge on any atom is -0.310 e. The molecule has 0 heterocycles. The number of carbonyl (C=O) groups is 1. The molecule has 1 aliphatic rings. The fourth-order valence-corrected chi connectivity index (χ4v) is 1.80. The van der Waals surface area contributed by atoms with Gasteiger partial charge in [-0.05, 0) is 43.0 Å². The highest BCUT2D eigenvalue weighted by Crippen LogP contribution is 2.27. The minimum atomic E-state index is -0.470. The van der Waals surface area contributed by atoms with E-state index in [-0.39, 0.29) is 17.2 Å². The Hall–Kier alpha value is -0.930. The number of ketones is 1. The van der Waals surface area contributed by atoms with Crippen LogP contribution in [0.2, 0.25) is 5.02 Å². The second-order valence-corrected chi connectivity index (χ2v) is 4.95. The highest BCUT2D eigenvalue weighted by Gasteiger charge is 2.20. The molecule has 0 spiro atoms. The molecule has 0 amide bonds. The summed E-state index contributed by atoms with van der Waals surface area (Å²) in [4.78, 5) is 11.6. The van der Waals surface area contributed by atoms with Crippen LogP contribution in [0, 0.1) is 11.7 Å². The molecule has 0 aliphatic heterocycles. The molecule has 2 nitrogen and oxygen atoms in total. The Morgan fingerprint density at radius 3 is 2.88 bits per heavy atom. The van der Waals surface area contributed by atoms with Crippen molar-refractivity contribution in [3.8, 4) is 0 Å². The van der Waals surface area contributed by atoms with Crippen LogP contribution in [0.3, 0.4) is 0 Å². The third-order valence-corrected chi connectivity index (χ3v) is 3.14. The van der Waals surface area contributed by atoms with Gasteiger partial charge >= 0.3 is 0 Å². The third-order valence-electron chi connectivity index (χ3n) is 2.84. The van der Waals surface area contributed by atoms with Crippen LogP contribution in [0.5, 0.6) is 0 Å². The molecule has 1 N–H and O–H groups in total. The van der Waals surface area contributed by atoms with E-state index in [0.717, 1.165) is 12.5 Å². The van der Waals surface area contributed by atoms with E-state index in [4.69, 9.17) is 11.6 Å². The van der Waals surface area contributed by atoms with Crippen LogP contribution in [-0.4, -0.2) is 18.9 Å². The smallest absolute Gasteiger partial charge is 0.150 e. The summed E-state index contributed by atoms with van der Waals surface area (Å²) in [5.41, 5.74) is 0.671. The van der Waals surface area contributed by atoms with Crippen LogP contribution >= 0.6 is 11.6 Å². The van der Waals surface area contributed by atoms with E-state index in [0.29, 0.717) is 12.1 Å². The average molecular weight is 256 g/mol. The van der Waals surface area contributed by atoms with Crippen molar-refractivity contribution in [1.82, 2.24) is 5.32 Å². The number of halogens is 2. The Morgan fingerprint density at radius 1 is 1.47 bits per heavy atom. The third kappa shape index (κ3) is 4.10. The van der Waals surface area contributed by atoms with Crippen LogP contribution < -0.4 is 5.32 Å². The van der Waals surface area contributed by atoms with E-state index in [1.807, 2.05) is 0 Å². The number of rotatable bonds is 6. The van der Waals surface area contributed by atoms with Crippen LogP contribution in [0.25, 0.3) is 0 Å². The van der Waals surface area contributed by atoms with Crippen molar-refractivity contribution in [2.45, 2.75) is 19.3 Å². The van der Waals surface area contributed by atoms with E-state index < -0.39 is 5.82 Å². The van der Waals surface area contributed by atoms with E-state index in [1.165, 1.54) is 25.0 Å². The Kier molecular flexibility index (Phi) is 4.13. The molecule has 0 saturated heterocycles. The minimum absolute atomic E-state index is 0.0763. The number of hydrogen-bond donors (Lipinski definition) is 1. The van der Waals surface area contributed by atoms with E-state index >= 15 is 0 Å². The largest absolute Gasteiger partial charge is 0.310 e.